The molecule has 0 aromatic heterocycles. The lowest BCUT2D eigenvalue weighted by atomic mass is 9.93. The second kappa shape index (κ2) is 5.95. The minimum absolute atomic E-state index is 0.0503. The van der Waals surface area contributed by atoms with Crippen LogP contribution in [-0.4, -0.2) is 31.1 Å². The van der Waals surface area contributed by atoms with Crippen LogP contribution in [0, 0.1) is 17.2 Å². The molecule has 1 unspecified atom stereocenters. The van der Waals surface area contributed by atoms with Crippen LogP contribution in [-0.2, 0) is 5.11 Å². The summed E-state index contributed by atoms with van der Waals surface area (Å²) in [6.45, 7) is 2.68. The van der Waals surface area contributed by atoms with Gasteiger partial charge >= 0.3 is 0 Å². The number of hydrogen-bond donors (Lipinski definition) is 0. The zero-order chi connectivity index (χ0) is 9.52. The maximum absolute atomic E-state index is 10.3. The zero-order valence-electron chi connectivity index (χ0n) is 8.04. The average Bonchev–Trinajstić information content (AvgIpc) is 2.16. The predicted molar refractivity (Wildman–Crippen MR) is 49.6 cm³/mol. The van der Waals surface area contributed by atoms with Gasteiger partial charge in [0.1, 0.15) is 0 Å². The Bertz CT molecular complexity index is 176. The fourth-order valence-electron chi connectivity index (χ4n) is 2.00. The Kier molecular flexibility index (Phi) is 4.81. The second-order valence-electron chi connectivity index (χ2n) is 3.75. The number of nitrogens with zero attached hydrogens (tertiary/aromatic N) is 2. The summed E-state index contributed by atoms with van der Waals surface area (Å²) >= 11 is 0. The van der Waals surface area contributed by atoms with Gasteiger partial charge in [-0.1, -0.05) is 0 Å². The molecule has 1 heterocycles. The molecular formula is C10H17N2O. The van der Waals surface area contributed by atoms with Gasteiger partial charge in [-0.25, -0.2) is 5.11 Å². The van der Waals surface area contributed by atoms with E-state index in [1.807, 2.05) is 0 Å². The molecule has 0 aromatic rings. The molecular weight excluding hydrogens is 164 g/mol. The third-order valence-electron chi connectivity index (χ3n) is 2.65. The van der Waals surface area contributed by atoms with Crippen molar-refractivity contribution in [2.24, 2.45) is 5.92 Å². The van der Waals surface area contributed by atoms with Crippen molar-refractivity contribution in [2.45, 2.75) is 25.7 Å². The quantitative estimate of drug-likeness (QED) is 0.616. The SMILES string of the molecule is N#CCN1CCCC(CCC[O])C1. The van der Waals surface area contributed by atoms with Crippen molar-refractivity contribution in [1.29, 1.82) is 5.26 Å². The Morgan fingerprint density at radius 2 is 2.38 bits per heavy atom. The van der Waals surface area contributed by atoms with Crippen LogP contribution >= 0.6 is 0 Å². The van der Waals surface area contributed by atoms with Gasteiger partial charge in [0.05, 0.1) is 19.2 Å². The fourth-order valence-corrected chi connectivity index (χ4v) is 2.00. The van der Waals surface area contributed by atoms with Crippen LogP contribution in [0.25, 0.3) is 0 Å². The van der Waals surface area contributed by atoms with E-state index in [1.54, 1.807) is 0 Å². The van der Waals surface area contributed by atoms with Crippen LogP contribution in [0.3, 0.4) is 0 Å². The van der Waals surface area contributed by atoms with Gasteiger partial charge in [0.2, 0.25) is 0 Å². The maximum atomic E-state index is 10.3. The minimum atomic E-state index is 0.0503. The largest absolute Gasteiger partial charge is 0.290 e. The third-order valence-corrected chi connectivity index (χ3v) is 2.65. The van der Waals surface area contributed by atoms with Crippen LogP contribution in [0.2, 0.25) is 0 Å². The van der Waals surface area contributed by atoms with Gasteiger partial charge in [0.25, 0.3) is 0 Å². The summed E-state index contributed by atoms with van der Waals surface area (Å²) in [7, 11) is 0. The molecule has 1 fully saturated rings. The Morgan fingerprint density at radius 1 is 1.54 bits per heavy atom. The van der Waals surface area contributed by atoms with Crippen molar-refractivity contribution in [3.63, 3.8) is 0 Å². The van der Waals surface area contributed by atoms with Crippen LogP contribution in [0.4, 0.5) is 0 Å². The molecule has 0 aliphatic carbocycles. The summed E-state index contributed by atoms with van der Waals surface area (Å²) in [6.07, 6.45) is 4.27. The number of likely N-dealkylation sites (tertiary alicyclic amines) is 1. The average molecular weight is 181 g/mol. The lowest BCUT2D eigenvalue weighted by molar-refractivity contribution is 0.152. The van der Waals surface area contributed by atoms with Gasteiger partial charge in [0, 0.05) is 6.54 Å². The van der Waals surface area contributed by atoms with Crippen LogP contribution < -0.4 is 0 Å². The van der Waals surface area contributed by atoms with E-state index in [9.17, 15) is 5.11 Å². The number of rotatable bonds is 4. The van der Waals surface area contributed by atoms with E-state index < -0.39 is 0 Å². The van der Waals surface area contributed by atoms with Crippen molar-refractivity contribution >= 4 is 0 Å². The molecule has 1 aliphatic rings. The van der Waals surface area contributed by atoms with E-state index >= 15 is 0 Å². The smallest absolute Gasteiger partial charge is 0.0866 e. The number of hydrogen-bond acceptors (Lipinski definition) is 2. The van der Waals surface area contributed by atoms with Gasteiger partial charge in [-0.2, -0.15) is 5.26 Å². The maximum Gasteiger partial charge on any atom is 0.0866 e. The minimum Gasteiger partial charge on any atom is -0.290 e. The molecule has 0 amide bonds. The molecule has 1 aliphatic heterocycles. The summed E-state index contributed by atoms with van der Waals surface area (Å²) in [4.78, 5) is 2.19. The highest BCUT2D eigenvalue weighted by atomic mass is 16.2. The molecule has 1 rings (SSSR count). The van der Waals surface area contributed by atoms with Crippen LogP contribution in [0.1, 0.15) is 25.7 Å². The highest BCUT2D eigenvalue weighted by Crippen LogP contribution is 2.20. The van der Waals surface area contributed by atoms with E-state index in [1.165, 1.54) is 12.8 Å². The Morgan fingerprint density at radius 3 is 3.08 bits per heavy atom. The van der Waals surface area contributed by atoms with E-state index in [0.717, 1.165) is 25.9 Å². The molecule has 0 aromatic carbocycles. The molecule has 1 radical (unpaired) electrons. The summed E-state index contributed by atoms with van der Waals surface area (Å²) < 4.78 is 0. The monoisotopic (exact) mass is 181 g/mol. The van der Waals surface area contributed by atoms with Crippen molar-refractivity contribution in [3.05, 3.63) is 0 Å². The standard InChI is InChI=1S/C10H17N2O/c11-5-7-12-6-1-3-10(9-12)4-2-8-13/h10H,1-4,6-9H2. The highest BCUT2D eigenvalue weighted by Gasteiger charge is 2.18. The molecule has 3 heteroatoms. The number of piperidine rings is 1. The van der Waals surface area contributed by atoms with Crippen LogP contribution in [0.15, 0.2) is 0 Å². The first-order valence-corrected chi connectivity index (χ1v) is 5.04. The van der Waals surface area contributed by atoms with Gasteiger partial charge < -0.3 is 0 Å². The number of nitriles is 1. The van der Waals surface area contributed by atoms with E-state index in [2.05, 4.69) is 11.0 Å². The van der Waals surface area contributed by atoms with Gasteiger partial charge in [-0.05, 0) is 38.1 Å². The van der Waals surface area contributed by atoms with Gasteiger partial charge in [0.15, 0.2) is 0 Å². The Hall–Kier alpha value is -0.590. The zero-order valence-corrected chi connectivity index (χ0v) is 8.04. The molecule has 13 heavy (non-hydrogen) atoms. The summed E-state index contributed by atoms with van der Waals surface area (Å²) in [5.41, 5.74) is 0. The van der Waals surface area contributed by atoms with Crippen molar-refractivity contribution < 1.29 is 5.11 Å². The van der Waals surface area contributed by atoms with Crippen molar-refractivity contribution in [3.8, 4) is 6.07 Å². The first kappa shape index (κ1) is 10.5. The predicted octanol–water partition coefficient (Wildman–Crippen LogP) is 1.43. The van der Waals surface area contributed by atoms with E-state index in [-0.39, 0.29) is 6.61 Å². The second-order valence-corrected chi connectivity index (χ2v) is 3.75. The molecule has 0 bridgehead atoms. The van der Waals surface area contributed by atoms with Crippen LogP contribution in [0.5, 0.6) is 0 Å². The topological polar surface area (TPSA) is 46.9 Å². The Labute approximate surface area is 80.0 Å². The Balaban J connectivity index is 2.21. The summed E-state index contributed by atoms with van der Waals surface area (Å²) in [5.74, 6) is 0.663. The first-order valence-electron chi connectivity index (χ1n) is 5.04. The molecule has 0 saturated carbocycles. The van der Waals surface area contributed by atoms with E-state index in [4.69, 9.17) is 5.26 Å². The molecule has 1 saturated heterocycles. The van der Waals surface area contributed by atoms with Crippen molar-refractivity contribution in [2.75, 3.05) is 26.2 Å². The van der Waals surface area contributed by atoms with Gasteiger partial charge in [-0.15, -0.1) is 0 Å². The molecule has 0 N–H and O–H groups in total. The molecule has 0 spiro atoms. The third kappa shape index (κ3) is 3.75. The normalized spacial score (nSPS) is 24.2. The first-order chi connectivity index (χ1) is 6.36. The van der Waals surface area contributed by atoms with Gasteiger partial charge in [-0.3, -0.25) is 4.90 Å². The molecule has 1 atom stereocenters. The summed E-state index contributed by atoms with van der Waals surface area (Å²) in [6, 6.07) is 2.18. The molecule has 73 valence electrons. The highest BCUT2D eigenvalue weighted by molar-refractivity contribution is 4.81. The lowest BCUT2D eigenvalue weighted by Gasteiger charge is -2.30. The molecule has 3 nitrogen and oxygen atoms in total. The lowest BCUT2D eigenvalue weighted by Crippen LogP contribution is -2.35. The summed E-state index contributed by atoms with van der Waals surface area (Å²) in [5, 5.41) is 18.9. The van der Waals surface area contributed by atoms with Crippen molar-refractivity contribution in [1.82, 2.24) is 4.90 Å². The van der Waals surface area contributed by atoms with E-state index in [0.29, 0.717) is 12.5 Å². The fraction of sp³-hybridized carbons (Fsp3) is 0.900.